The van der Waals surface area contributed by atoms with Crippen LogP contribution in [0.4, 0.5) is 5.69 Å². The van der Waals surface area contributed by atoms with Crippen LogP contribution in [-0.2, 0) is 14.9 Å². The van der Waals surface area contributed by atoms with Crippen LogP contribution >= 0.6 is 0 Å². The van der Waals surface area contributed by atoms with E-state index in [0.29, 0.717) is 0 Å². The van der Waals surface area contributed by atoms with Crippen LogP contribution in [0.2, 0.25) is 0 Å². The quantitative estimate of drug-likeness (QED) is 0.632. The molecule has 140 valence electrons. The number of fused-ring (bicyclic) bond motifs is 2. The number of benzene rings is 2. The van der Waals surface area contributed by atoms with Crippen LogP contribution in [0.3, 0.4) is 0 Å². The fourth-order valence-corrected chi connectivity index (χ4v) is 4.06. The molecule has 1 unspecified atom stereocenters. The van der Waals surface area contributed by atoms with Crippen LogP contribution in [0.15, 0.2) is 42.5 Å². The number of anilines is 1. The summed E-state index contributed by atoms with van der Waals surface area (Å²) in [6.45, 7) is 1.41. The Bertz CT molecular complexity index is 1070. The molecule has 1 atom stereocenters. The zero-order valence-corrected chi connectivity index (χ0v) is 15.4. The van der Waals surface area contributed by atoms with E-state index in [9.17, 15) is 27.4 Å². The maximum atomic E-state index is 13.0. The van der Waals surface area contributed by atoms with Gasteiger partial charge in [-0.05, 0) is 12.5 Å². The fourth-order valence-electron chi connectivity index (χ4n) is 3.24. The third-order valence-corrected chi connectivity index (χ3v) is 5.85. The molecule has 0 radical (unpaired) electrons. The van der Waals surface area contributed by atoms with Gasteiger partial charge in [0.15, 0.2) is 11.6 Å². The summed E-state index contributed by atoms with van der Waals surface area (Å²) < 4.78 is 34.2. The molecule has 0 bridgehead atoms. The molecule has 2 aromatic carbocycles. The number of carbonyl (C=O) groups is 3. The van der Waals surface area contributed by atoms with Gasteiger partial charge in [-0.1, -0.05) is 43.3 Å². The van der Waals surface area contributed by atoms with E-state index >= 15 is 0 Å². The minimum Gasteiger partial charge on any atom is -0.747 e. The molecule has 1 aliphatic carbocycles. The van der Waals surface area contributed by atoms with Crippen LogP contribution in [0, 0.1) is 0 Å². The van der Waals surface area contributed by atoms with Crippen LogP contribution < -0.4 is 4.90 Å². The van der Waals surface area contributed by atoms with Crippen LogP contribution in [0.1, 0.15) is 45.2 Å². The van der Waals surface area contributed by atoms with Gasteiger partial charge in [-0.15, -0.1) is 0 Å². The van der Waals surface area contributed by atoms with Crippen molar-refractivity contribution in [2.75, 3.05) is 11.9 Å². The minimum atomic E-state index is -4.85. The summed E-state index contributed by atoms with van der Waals surface area (Å²) >= 11 is 0. The molecule has 0 aromatic heterocycles. The summed E-state index contributed by atoms with van der Waals surface area (Å²) in [7, 11) is -3.57. The molecule has 0 heterocycles. The van der Waals surface area contributed by atoms with E-state index in [-0.39, 0.29) is 40.1 Å². The summed E-state index contributed by atoms with van der Waals surface area (Å²) in [5, 5.41) is -1.76. The first kappa shape index (κ1) is 18.9. The third kappa shape index (κ3) is 3.07. The standard InChI is InChI=1S/C19H17NO6S/c1-3-15(27(24,25)26)19(23)20(2)14-10-6-9-13-16(14)18(22)12-8-5-4-7-11(12)17(13)21/h4-10,15H,3H2,1-2H3,(H,24,25,26)/p-1. The van der Waals surface area contributed by atoms with Crippen LogP contribution in [-0.4, -0.2) is 42.7 Å². The number of hydrogen-bond acceptors (Lipinski definition) is 6. The molecule has 0 N–H and O–H groups in total. The second kappa shape index (κ2) is 6.71. The number of carbonyl (C=O) groups excluding carboxylic acids is 3. The third-order valence-electron chi connectivity index (χ3n) is 4.62. The van der Waals surface area contributed by atoms with E-state index in [4.69, 9.17) is 0 Å². The largest absolute Gasteiger partial charge is 0.747 e. The lowest BCUT2D eigenvalue weighted by Crippen LogP contribution is -2.41. The monoisotopic (exact) mass is 386 g/mol. The summed E-state index contributed by atoms with van der Waals surface area (Å²) in [6.07, 6.45) is -0.195. The Hall–Kier alpha value is -2.84. The lowest BCUT2D eigenvalue weighted by atomic mass is 9.83. The fraction of sp³-hybridized carbons (Fsp3) is 0.211. The van der Waals surface area contributed by atoms with Gasteiger partial charge >= 0.3 is 0 Å². The van der Waals surface area contributed by atoms with Gasteiger partial charge in [0.2, 0.25) is 5.91 Å². The molecule has 0 saturated heterocycles. The highest BCUT2D eigenvalue weighted by Crippen LogP contribution is 2.33. The average Bonchev–Trinajstić information content (AvgIpc) is 2.64. The maximum absolute atomic E-state index is 13.0. The van der Waals surface area contributed by atoms with Crippen molar-refractivity contribution in [3.8, 4) is 0 Å². The predicted molar refractivity (Wildman–Crippen MR) is 96.9 cm³/mol. The number of hydrogen-bond donors (Lipinski definition) is 0. The van der Waals surface area contributed by atoms with Crippen molar-refractivity contribution in [1.29, 1.82) is 0 Å². The molecule has 0 spiro atoms. The molecule has 27 heavy (non-hydrogen) atoms. The van der Waals surface area contributed by atoms with E-state index < -0.39 is 27.1 Å². The number of amides is 1. The van der Waals surface area contributed by atoms with E-state index in [1.165, 1.54) is 38.2 Å². The maximum Gasteiger partial charge on any atom is 0.243 e. The van der Waals surface area contributed by atoms with Crippen molar-refractivity contribution in [2.45, 2.75) is 18.6 Å². The summed E-state index contributed by atoms with van der Waals surface area (Å²) in [5.74, 6) is -1.74. The molecule has 1 amide bonds. The highest BCUT2D eigenvalue weighted by atomic mass is 32.2. The first-order chi connectivity index (χ1) is 12.7. The Morgan fingerprint density at radius 1 is 1.00 bits per heavy atom. The highest BCUT2D eigenvalue weighted by molar-refractivity contribution is 7.87. The molecule has 0 fully saturated rings. The summed E-state index contributed by atoms with van der Waals surface area (Å²) in [4.78, 5) is 39.3. The van der Waals surface area contributed by atoms with Crippen molar-refractivity contribution < 1.29 is 27.4 Å². The predicted octanol–water partition coefficient (Wildman–Crippen LogP) is 1.75. The first-order valence-corrected chi connectivity index (χ1v) is 9.69. The smallest absolute Gasteiger partial charge is 0.243 e. The average molecular weight is 386 g/mol. The second-order valence-electron chi connectivity index (χ2n) is 6.19. The Labute approximate surface area is 156 Å². The van der Waals surface area contributed by atoms with E-state index in [0.717, 1.165) is 4.90 Å². The molecule has 0 aliphatic heterocycles. The van der Waals surface area contributed by atoms with Crippen LogP contribution in [0.5, 0.6) is 0 Å². The number of rotatable bonds is 4. The molecule has 7 nitrogen and oxygen atoms in total. The zero-order valence-electron chi connectivity index (χ0n) is 14.6. The van der Waals surface area contributed by atoms with Gasteiger partial charge in [0.05, 0.1) is 11.3 Å². The minimum absolute atomic E-state index is 0.0233. The zero-order chi connectivity index (χ0) is 19.9. The van der Waals surface area contributed by atoms with Crippen molar-refractivity contribution in [1.82, 2.24) is 0 Å². The molecule has 8 heteroatoms. The van der Waals surface area contributed by atoms with Gasteiger partial charge in [0.25, 0.3) is 0 Å². The normalized spacial score (nSPS) is 14.3. The Balaban J connectivity index is 2.14. The second-order valence-corrected chi connectivity index (χ2v) is 7.75. The molecule has 2 aromatic rings. The molecule has 0 saturated carbocycles. The lowest BCUT2D eigenvalue weighted by molar-refractivity contribution is -0.118. The van der Waals surface area contributed by atoms with Gasteiger partial charge in [0, 0.05) is 23.7 Å². The summed E-state index contributed by atoms with van der Waals surface area (Å²) in [5.41, 5.74) is 0.734. The van der Waals surface area contributed by atoms with Crippen molar-refractivity contribution in [3.05, 3.63) is 64.7 Å². The van der Waals surface area contributed by atoms with E-state index in [1.54, 1.807) is 18.2 Å². The van der Waals surface area contributed by atoms with Gasteiger partial charge in [0.1, 0.15) is 15.4 Å². The van der Waals surface area contributed by atoms with Crippen molar-refractivity contribution >= 4 is 33.3 Å². The number of ketones is 2. The van der Waals surface area contributed by atoms with Crippen LogP contribution in [0.25, 0.3) is 0 Å². The molecule has 3 rings (SSSR count). The first-order valence-electron chi connectivity index (χ1n) is 8.22. The van der Waals surface area contributed by atoms with Gasteiger partial charge < -0.3 is 9.45 Å². The lowest BCUT2D eigenvalue weighted by Gasteiger charge is -2.28. The van der Waals surface area contributed by atoms with Crippen molar-refractivity contribution in [3.63, 3.8) is 0 Å². The van der Waals surface area contributed by atoms with Crippen molar-refractivity contribution in [2.24, 2.45) is 0 Å². The van der Waals surface area contributed by atoms with Gasteiger partial charge in [-0.2, -0.15) is 0 Å². The number of nitrogens with zero attached hydrogens (tertiary/aromatic N) is 1. The van der Waals surface area contributed by atoms with Gasteiger partial charge in [-0.3, -0.25) is 14.4 Å². The topological polar surface area (TPSA) is 112 Å². The van der Waals surface area contributed by atoms with Gasteiger partial charge in [-0.25, -0.2) is 8.42 Å². The molecule has 1 aliphatic rings. The Morgan fingerprint density at radius 2 is 1.56 bits per heavy atom. The molecular formula is C19H16NO6S-. The highest BCUT2D eigenvalue weighted by Gasteiger charge is 2.35. The van der Waals surface area contributed by atoms with E-state index in [1.807, 2.05) is 0 Å². The SMILES string of the molecule is CCC(C(=O)N(C)c1cccc2c1C(=O)c1ccccc1C2=O)S(=O)(=O)[O-]. The summed E-state index contributed by atoms with van der Waals surface area (Å²) in [6, 6.07) is 10.8. The Morgan fingerprint density at radius 3 is 2.11 bits per heavy atom. The Kier molecular flexibility index (Phi) is 4.71. The van der Waals surface area contributed by atoms with E-state index in [2.05, 4.69) is 0 Å². The molecular weight excluding hydrogens is 370 g/mol.